The van der Waals surface area contributed by atoms with Crippen LogP contribution in [-0.2, 0) is 13.5 Å². The molecule has 94 valence electrons. The van der Waals surface area contributed by atoms with Crippen molar-refractivity contribution in [2.45, 2.75) is 6.42 Å². The van der Waals surface area contributed by atoms with Gasteiger partial charge in [0.1, 0.15) is 17.9 Å². The molecule has 0 N–H and O–H groups in total. The number of aldehydes is 1. The zero-order chi connectivity index (χ0) is 13.0. The van der Waals surface area contributed by atoms with E-state index in [2.05, 4.69) is 20.9 Å². The molecule has 0 unspecified atom stereocenters. The number of benzene rings is 1. The molecule has 0 aliphatic carbocycles. The summed E-state index contributed by atoms with van der Waals surface area (Å²) in [5.74, 6) is 1.71. The van der Waals surface area contributed by atoms with Gasteiger partial charge in [-0.2, -0.15) is 0 Å². The summed E-state index contributed by atoms with van der Waals surface area (Å²) in [6.45, 7) is 0.546. The van der Waals surface area contributed by atoms with Crippen LogP contribution in [0.2, 0.25) is 0 Å². The average Bonchev–Trinajstić information content (AvgIpc) is 2.77. The first-order valence-corrected chi connectivity index (χ1v) is 6.33. The van der Waals surface area contributed by atoms with E-state index in [4.69, 9.17) is 4.74 Å². The Morgan fingerprint density at radius 1 is 1.50 bits per heavy atom. The van der Waals surface area contributed by atoms with Gasteiger partial charge in [-0.15, -0.1) is 0 Å². The third-order valence-electron chi connectivity index (χ3n) is 2.60. The molecular formula is C13H13BrN2O2. The molecule has 1 aromatic carbocycles. The molecule has 1 aromatic heterocycles. The summed E-state index contributed by atoms with van der Waals surface area (Å²) in [6, 6.07) is 5.25. The van der Waals surface area contributed by atoms with Crippen LogP contribution in [-0.4, -0.2) is 22.4 Å². The van der Waals surface area contributed by atoms with Crippen molar-refractivity contribution >= 4 is 22.2 Å². The van der Waals surface area contributed by atoms with E-state index in [1.165, 1.54) is 0 Å². The second kappa shape index (κ2) is 5.82. The highest BCUT2D eigenvalue weighted by atomic mass is 79.9. The van der Waals surface area contributed by atoms with Gasteiger partial charge in [-0.3, -0.25) is 4.79 Å². The highest BCUT2D eigenvalue weighted by Gasteiger charge is 2.04. The number of carbonyl (C=O) groups excluding carboxylic acids is 1. The molecule has 0 radical (unpaired) electrons. The van der Waals surface area contributed by atoms with E-state index in [9.17, 15) is 4.79 Å². The zero-order valence-corrected chi connectivity index (χ0v) is 11.6. The molecule has 2 aromatic rings. The number of carbonyl (C=O) groups is 1. The quantitative estimate of drug-likeness (QED) is 0.798. The maximum atomic E-state index is 10.6. The summed E-state index contributed by atoms with van der Waals surface area (Å²) in [7, 11) is 1.96. The predicted molar refractivity (Wildman–Crippen MR) is 71.9 cm³/mol. The van der Waals surface area contributed by atoms with Crippen molar-refractivity contribution in [3.8, 4) is 5.75 Å². The SMILES string of the molecule is Cn1ccnc1CCOc1ccc(C=O)cc1Br. The second-order valence-electron chi connectivity index (χ2n) is 3.86. The largest absolute Gasteiger partial charge is 0.492 e. The van der Waals surface area contributed by atoms with Crippen LogP contribution in [0.3, 0.4) is 0 Å². The van der Waals surface area contributed by atoms with Gasteiger partial charge in [-0.05, 0) is 34.1 Å². The minimum atomic E-state index is 0.546. The summed E-state index contributed by atoms with van der Waals surface area (Å²) in [4.78, 5) is 14.8. The molecule has 1 heterocycles. The molecule has 0 aliphatic rings. The van der Waals surface area contributed by atoms with E-state index >= 15 is 0 Å². The first-order valence-electron chi connectivity index (χ1n) is 5.54. The van der Waals surface area contributed by atoms with Crippen molar-refractivity contribution in [2.75, 3.05) is 6.61 Å². The van der Waals surface area contributed by atoms with Gasteiger partial charge in [-0.25, -0.2) is 4.98 Å². The molecule has 0 amide bonds. The summed E-state index contributed by atoms with van der Waals surface area (Å²) < 4.78 is 8.40. The Morgan fingerprint density at radius 3 is 2.94 bits per heavy atom. The number of hydrogen-bond acceptors (Lipinski definition) is 3. The number of halogens is 1. The van der Waals surface area contributed by atoms with Crippen molar-refractivity contribution in [2.24, 2.45) is 7.05 Å². The van der Waals surface area contributed by atoms with Gasteiger partial charge >= 0.3 is 0 Å². The molecule has 0 spiro atoms. The third-order valence-corrected chi connectivity index (χ3v) is 3.22. The van der Waals surface area contributed by atoms with Gasteiger partial charge in [0.2, 0.25) is 0 Å². The molecule has 0 saturated heterocycles. The fourth-order valence-electron chi connectivity index (χ4n) is 1.60. The van der Waals surface area contributed by atoms with E-state index in [0.717, 1.165) is 28.8 Å². The lowest BCUT2D eigenvalue weighted by Crippen LogP contribution is -2.06. The Kier molecular flexibility index (Phi) is 4.15. The number of ether oxygens (including phenoxy) is 1. The molecule has 0 fully saturated rings. The molecular weight excluding hydrogens is 296 g/mol. The Morgan fingerprint density at radius 2 is 2.33 bits per heavy atom. The lowest BCUT2D eigenvalue weighted by molar-refractivity contribution is 0.112. The smallest absolute Gasteiger partial charge is 0.150 e. The molecule has 0 aliphatic heterocycles. The third kappa shape index (κ3) is 2.98. The normalized spacial score (nSPS) is 10.3. The minimum absolute atomic E-state index is 0.546. The van der Waals surface area contributed by atoms with Gasteiger partial charge in [-0.1, -0.05) is 0 Å². The molecule has 4 nitrogen and oxygen atoms in total. The molecule has 18 heavy (non-hydrogen) atoms. The van der Waals surface area contributed by atoms with Crippen LogP contribution in [0.15, 0.2) is 35.1 Å². The summed E-state index contributed by atoms with van der Waals surface area (Å²) in [5, 5.41) is 0. The van der Waals surface area contributed by atoms with E-state index in [1.807, 2.05) is 17.8 Å². The van der Waals surface area contributed by atoms with E-state index in [0.29, 0.717) is 12.2 Å². The zero-order valence-electron chi connectivity index (χ0n) is 9.97. The summed E-state index contributed by atoms with van der Waals surface area (Å²) in [5.41, 5.74) is 0.623. The average molecular weight is 309 g/mol. The fourth-order valence-corrected chi connectivity index (χ4v) is 2.11. The van der Waals surface area contributed by atoms with E-state index in [1.54, 1.807) is 24.4 Å². The number of imidazole rings is 1. The van der Waals surface area contributed by atoms with Crippen molar-refractivity contribution < 1.29 is 9.53 Å². The predicted octanol–water partition coefficient (Wildman–Crippen LogP) is 2.62. The molecule has 0 atom stereocenters. The molecule has 0 bridgehead atoms. The van der Waals surface area contributed by atoms with Crippen LogP contribution < -0.4 is 4.74 Å². The van der Waals surface area contributed by atoms with Gasteiger partial charge in [0.25, 0.3) is 0 Å². The van der Waals surface area contributed by atoms with Crippen LogP contribution in [0.25, 0.3) is 0 Å². The molecule has 5 heteroatoms. The first-order chi connectivity index (χ1) is 8.70. The van der Waals surface area contributed by atoms with Crippen LogP contribution in [0, 0.1) is 0 Å². The van der Waals surface area contributed by atoms with Gasteiger partial charge in [0.05, 0.1) is 11.1 Å². The minimum Gasteiger partial charge on any atom is -0.492 e. The molecule has 2 rings (SSSR count). The van der Waals surface area contributed by atoms with E-state index in [-0.39, 0.29) is 0 Å². The van der Waals surface area contributed by atoms with Gasteiger partial charge < -0.3 is 9.30 Å². The lowest BCUT2D eigenvalue weighted by atomic mass is 10.2. The van der Waals surface area contributed by atoms with Crippen molar-refractivity contribution in [1.29, 1.82) is 0 Å². The topological polar surface area (TPSA) is 44.1 Å². The van der Waals surface area contributed by atoms with Crippen LogP contribution in [0.1, 0.15) is 16.2 Å². The van der Waals surface area contributed by atoms with E-state index < -0.39 is 0 Å². The second-order valence-corrected chi connectivity index (χ2v) is 4.71. The Balaban J connectivity index is 1.94. The van der Waals surface area contributed by atoms with Crippen molar-refractivity contribution in [1.82, 2.24) is 9.55 Å². The maximum Gasteiger partial charge on any atom is 0.150 e. The van der Waals surface area contributed by atoms with Gasteiger partial charge in [0, 0.05) is 31.4 Å². The molecule has 0 saturated carbocycles. The Labute approximate surface area is 114 Å². The lowest BCUT2D eigenvalue weighted by Gasteiger charge is -2.08. The monoisotopic (exact) mass is 308 g/mol. The number of nitrogens with zero attached hydrogens (tertiary/aromatic N) is 2. The fraction of sp³-hybridized carbons (Fsp3) is 0.231. The van der Waals surface area contributed by atoms with Crippen LogP contribution in [0.4, 0.5) is 0 Å². The van der Waals surface area contributed by atoms with Crippen molar-refractivity contribution in [3.05, 3.63) is 46.5 Å². The number of aryl methyl sites for hydroxylation is 1. The summed E-state index contributed by atoms with van der Waals surface area (Å²) in [6.07, 6.45) is 5.22. The van der Waals surface area contributed by atoms with Crippen molar-refractivity contribution in [3.63, 3.8) is 0 Å². The highest BCUT2D eigenvalue weighted by molar-refractivity contribution is 9.10. The summed E-state index contributed by atoms with van der Waals surface area (Å²) >= 11 is 3.38. The number of hydrogen-bond donors (Lipinski definition) is 0. The standard InChI is InChI=1S/C13H13BrN2O2/c1-16-6-5-15-13(16)4-7-18-12-3-2-10(9-17)8-11(12)14/h2-3,5-6,8-9H,4,7H2,1H3. The van der Waals surface area contributed by atoms with Gasteiger partial charge in [0.15, 0.2) is 0 Å². The maximum absolute atomic E-state index is 10.6. The highest BCUT2D eigenvalue weighted by Crippen LogP contribution is 2.25. The Hall–Kier alpha value is -1.62. The van der Waals surface area contributed by atoms with Crippen LogP contribution in [0.5, 0.6) is 5.75 Å². The van der Waals surface area contributed by atoms with Crippen LogP contribution >= 0.6 is 15.9 Å². The first kappa shape index (κ1) is 12.8. The Bertz CT molecular complexity index is 552. The number of aromatic nitrogens is 2. The number of rotatable bonds is 5.